The molecule has 4 nitrogen and oxygen atoms in total. The van der Waals surface area contributed by atoms with Gasteiger partial charge < -0.3 is 9.64 Å². The van der Waals surface area contributed by atoms with Gasteiger partial charge in [-0.3, -0.25) is 9.59 Å². The molecule has 228 valence electrons. The van der Waals surface area contributed by atoms with Gasteiger partial charge in [0.1, 0.15) is 12.4 Å². The van der Waals surface area contributed by atoms with Crippen LogP contribution in [0.4, 0.5) is 0 Å². The van der Waals surface area contributed by atoms with E-state index in [9.17, 15) is 9.59 Å². The normalized spacial score (nSPS) is 19.7. The maximum atomic E-state index is 14.3. The lowest BCUT2D eigenvalue weighted by molar-refractivity contribution is -0.119. The Balaban J connectivity index is 1.54. The molecule has 1 heterocycles. The van der Waals surface area contributed by atoms with Crippen molar-refractivity contribution in [1.29, 1.82) is 0 Å². The molecule has 0 atom stereocenters. The molecule has 0 N–H and O–H groups in total. The number of ether oxygens (including phenoxy) is 1. The Kier molecular flexibility index (Phi) is 8.36. The van der Waals surface area contributed by atoms with Gasteiger partial charge in [-0.1, -0.05) is 103 Å². The second-order valence-electron chi connectivity index (χ2n) is 13.8. The number of hydrogen-bond donors (Lipinski definition) is 0. The van der Waals surface area contributed by atoms with Crippen LogP contribution in [0, 0.1) is 10.8 Å². The number of allylic oxidation sites excluding steroid dienone is 4. The monoisotopic (exact) mass is 691 g/mol. The quantitative estimate of drug-likeness (QED) is 0.258. The van der Waals surface area contributed by atoms with Crippen LogP contribution in [0.25, 0.3) is 0 Å². The van der Waals surface area contributed by atoms with Crippen LogP contribution in [-0.4, -0.2) is 16.5 Å². The zero-order chi connectivity index (χ0) is 31.4. The predicted molar refractivity (Wildman–Crippen MR) is 180 cm³/mol. The zero-order valence-electron chi connectivity index (χ0n) is 25.5. The third-order valence-corrected chi connectivity index (χ3v) is 9.97. The molecule has 0 amide bonds. The standard InChI is InChI=1S/C37H36BrCl2NO3/c1-36(2)16-28-34(30(42)18-36)33(26-14-24(38)11-13-32(26)44-21-23-10-12-25(39)15-27(23)40)35-29(17-37(3,4)19-31(35)43)41(28)20-22-8-6-5-7-9-22/h5-15,33H,16-21H2,1-4H3. The van der Waals surface area contributed by atoms with Gasteiger partial charge in [-0.05, 0) is 59.6 Å². The minimum Gasteiger partial charge on any atom is -0.489 e. The summed E-state index contributed by atoms with van der Waals surface area (Å²) in [6.45, 7) is 9.47. The van der Waals surface area contributed by atoms with Crippen molar-refractivity contribution >= 4 is 50.7 Å². The highest BCUT2D eigenvalue weighted by Gasteiger charge is 2.49. The minimum atomic E-state index is -0.521. The van der Waals surface area contributed by atoms with Crippen molar-refractivity contribution in [1.82, 2.24) is 4.90 Å². The third-order valence-electron chi connectivity index (χ3n) is 8.89. The lowest BCUT2D eigenvalue weighted by Crippen LogP contribution is -2.44. The number of Topliss-reactive ketones (excluding diaryl/α,β-unsaturated/α-hetero) is 2. The Labute approximate surface area is 278 Å². The average molecular weight is 694 g/mol. The molecule has 2 aliphatic carbocycles. The number of nitrogens with zero attached hydrogens (tertiary/aromatic N) is 1. The summed E-state index contributed by atoms with van der Waals surface area (Å²) in [4.78, 5) is 30.9. The molecule has 44 heavy (non-hydrogen) atoms. The van der Waals surface area contributed by atoms with E-state index in [1.165, 1.54) is 0 Å². The molecule has 3 aromatic rings. The van der Waals surface area contributed by atoms with E-state index in [0.29, 0.717) is 35.2 Å². The van der Waals surface area contributed by atoms with E-state index in [0.717, 1.165) is 56.5 Å². The number of carbonyl (C=O) groups is 2. The van der Waals surface area contributed by atoms with Gasteiger partial charge in [-0.2, -0.15) is 0 Å². The lowest BCUT2D eigenvalue weighted by Gasteiger charge is -2.49. The second-order valence-corrected chi connectivity index (χ2v) is 15.6. The Morgan fingerprint density at radius 3 is 2.02 bits per heavy atom. The van der Waals surface area contributed by atoms with Crippen LogP contribution in [0.15, 0.2) is 93.7 Å². The highest BCUT2D eigenvalue weighted by Crippen LogP contribution is 2.56. The van der Waals surface area contributed by atoms with Gasteiger partial charge in [0, 0.05) is 73.5 Å². The van der Waals surface area contributed by atoms with E-state index in [1.54, 1.807) is 12.1 Å². The van der Waals surface area contributed by atoms with Crippen LogP contribution < -0.4 is 4.74 Å². The van der Waals surface area contributed by atoms with Crippen molar-refractivity contribution < 1.29 is 14.3 Å². The highest BCUT2D eigenvalue weighted by atomic mass is 79.9. The van der Waals surface area contributed by atoms with Crippen molar-refractivity contribution in [2.45, 2.75) is 72.4 Å². The fraction of sp³-hybridized carbons (Fsp3) is 0.351. The number of halogens is 3. The predicted octanol–water partition coefficient (Wildman–Crippen LogP) is 10.2. The van der Waals surface area contributed by atoms with Gasteiger partial charge in [0.25, 0.3) is 0 Å². The molecule has 0 radical (unpaired) electrons. The number of carbonyl (C=O) groups excluding carboxylic acids is 2. The Hall–Kier alpha value is -2.86. The average Bonchev–Trinajstić information content (AvgIpc) is 2.93. The van der Waals surface area contributed by atoms with E-state index in [1.807, 2.05) is 42.5 Å². The molecule has 0 unspecified atom stereocenters. The first-order valence-electron chi connectivity index (χ1n) is 15.0. The Morgan fingerprint density at radius 1 is 0.818 bits per heavy atom. The first kappa shape index (κ1) is 31.1. The summed E-state index contributed by atoms with van der Waals surface area (Å²) < 4.78 is 7.31. The molecule has 3 aromatic carbocycles. The van der Waals surface area contributed by atoms with E-state index in [-0.39, 0.29) is 29.0 Å². The van der Waals surface area contributed by atoms with Gasteiger partial charge >= 0.3 is 0 Å². The number of rotatable bonds is 6. The zero-order valence-corrected chi connectivity index (χ0v) is 28.6. The first-order valence-corrected chi connectivity index (χ1v) is 16.6. The van der Waals surface area contributed by atoms with Crippen molar-refractivity contribution in [3.05, 3.63) is 120 Å². The number of benzene rings is 3. The fourth-order valence-corrected chi connectivity index (χ4v) is 7.83. The molecular weight excluding hydrogens is 657 g/mol. The van der Waals surface area contributed by atoms with Crippen molar-refractivity contribution in [2.24, 2.45) is 10.8 Å². The van der Waals surface area contributed by atoms with Crippen LogP contribution in [-0.2, 0) is 22.7 Å². The van der Waals surface area contributed by atoms with Gasteiger partial charge in [-0.15, -0.1) is 0 Å². The van der Waals surface area contributed by atoms with Crippen molar-refractivity contribution in [2.75, 3.05) is 0 Å². The minimum absolute atomic E-state index is 0.0927. The van der Waals surface area contributed by atoms with Crippen molar-refractivity contribution in [3.8, 4) is 5.75 Å². The summed E-state index contributed by atoms with van der Waals surface area (Å²) in [5.41, 5.74) is 5.83. The van der Waals surface area contributed by atoms with E-state index in [4.69, 9.17) is 27.9 Å². The van der Waals surface area contributed by atoms with Crippen molar-refractivity contribution in [3.63, 3.8) is 0 Å². The van der Waals surface area contributed by atoms with E-state index in [2.05, 4.69) is 60.7 Å². The van der Waals surface area contributed by atoms with Crippen LogP contribution >= 0.6 is 39.1 Å². The van der Waals surface area contributed by atoms with Crippen LogP contribution in [0.3, 0.4) is 0 Å². The van der Waals surface area contributed by atoms with E-state index >= 15 is 0 Å². The fourth-order valence-electron chi connectivity index (χ4n) is 6.99. The second kappa shape index (κ2) is 11.8. The van der Waals surface area contributed by atoms with Gasteiger partial charge in [-0.25, -0.2) is 0 Å². The van der Waals surface area contributed by atoms with Gasteiger partial charge in [0.05, 0.1) is 0 Å². The summed E-state index contributed by atoms with van der Waals surface area (Å²) in [6, 6.07) is 21.5. The SMILES string of the molecule is CC1(C)CC(=O)C2=C(C1)N(Cc1ccccc1)C1=C(C(=O)CC(C)(C)C1)C2c1cc(Br)ccc1OCc1ccc(Cl)cc1Cl. The molecule has 6 rings (SSSR count). The summed E-state index contributed by atoms with van der Waals surface area (Å²) in [6.07, 6.45) is 2.34. The molecule has 0 saturated heterocycles. The number of ketones is 2. The molecule has 7 heteroatoms. The summed E-state index contributed by atoms with van der Waals surface area (Å²) in [7, 11) is 0. The number of hydrogen-bond acceptors (Lipinski definition) is 4. The largest absolute Gasteiger partial charge is 0.489 e. The summed E-state index contributed by atoms with van der Waals surface area (Å²) in [5.74, 6) is 0.285. The first-order chi connectivity index (χ1) is 20.8. The maximum absolute atomic E-state index is 14.3. The topological polar surface area (TPSA) is 46.6 Å². The van der Waals surface area contributed by atoms with Gasteiger partial charge in [0.15, 0.2) is 11.6 Å². The highest BCUT2D eigenvalue weighted by molar-refractivity contribution is 9.10. The molecule has 0 aromatic heterocycles. The Morgan fingerprint density at radius 2 is 1.43 bits per heavy atom. The van der Waals surface area contributed by atoms with E-state index < -0.39 is 5.92 Å². The third kappa shape index (κ3) is 6.16. The Bertz CT molecular complexity index is 1670. The smallest absolute Gasteiger partial charge is 0.162 e. The lowest BCUT2D eigenvalue weighted by atomic mass is 9.63. The van der Waals surface area contributed by atoms with Crippen LogP contribution in [0.1, 0.15) is 76.0 Å². The molecule has 3 aliphatic rings. The molecule has 0 saturated carbocycles. The van der Waals surface area contributed by atoms with Gasteiger partial charge in [0.2, 0.25) is 0 Å². The summed E-state index contributed by atoms with van der Waals surface area (Å²) in [5, 5.41) is 1.08. The van der Waals surface area contributed by atoms with Crippen LogP contribution in [0.5, 0.6) is 5.75 Å². The van der Waals surface area contributed by atoms with Crippen LogP contribution in [0.2, 0.25) is 10.0 Å². The molecule has 0 bridgehead atoms. The molecule has 0 spiro atoms. The maximum Gasteiger partial charge on any atom is 0.162 e. The molecule has 0 fully saturated rings. The molecular formula is C37H36BrCl2NO3. The molecule has 1 aliphatic heterocycles. The summed E-state index contributed by atoms with van der Waals surface area (Å²) >= 11 is 16.3.